The highest BCUT2D eigenvalue weighted by Crippen LogP contribution is 2.44. The molecule has 0 unspecified atom stereocenters. The van der Waals surface area contributed by atoms with Gasteiger partial charge in [0.2, 0.25) is 0 Å². The molecule has 41 heavy (non-hydrogen) atoms. The molecule has 226 valence electrons. The molecule has 0 N–H and O–H groups in total. The summed E-state index contributed by atoms with van der Waals surface area (Å²) in [6.07, 6.45) is 3.11. The summed E-state index contributed by atoms with van der Waals surface area (Å²) in [6.45, 7) is 6.54. The van der Waals surface area contributed by atoms with Crippen molar-refractivity contribution >= 4 is 12.1 Å². The van der Waals surface area contributed by atoms with E-state index in [9.17, 15) is 9.59 Å². The van der Waals surface area contributed by atoms with Crippen molar-refractivity contribution in [3.63, 3.8) is 0 Å². The first-order valence-corrected chi connectivity index (χ1v) is 14.6. The lowest BCUT2D eigenvalue weighted by molar-refractivity contribution is -0.145. The van der Waals surface area contributed by atoms with Crippen LogP contribution in [0.2, 0.25) is 0 Å². The second-order valence-corrected chi connectivity index (χ2v) is 9.85. The molecule has 0 saturated heterocycles. The van der Waals surface area contributed by atoms with Gasteiger partial charge in [-0.25, -0.2) is 4.79 Å². The molecule has 0 atom stereocenters. The van der Waals surface area contributed by atoms with Gasteiger partial charge < -0.3 is 33.3 Å². The number of likely N-dealkylation sites (N-methyl/N-ethyl adjacent to an activating group) is 1. The van der Waals surface area contributed by atoms with E-state index in [1.54, 1.807) is 7.05 Å². The predicted octanol–water partition coefficient (Wildman–Crippen LogP) is 5.06. The Bertz CT molecular complexity index is 1000. The Morgan fingerprint density at radius 2 is 1.20 bits per heavy atom. The number of fused-ring (bicyclic) bond motifs is 3. The fraction of sp³-hybridized carbons (Fsp3) is 0.562. The minimum Gasteiger partial charge on any atom is -0.463 e. The fourth-order valence-corrected chi connectivity index (χ4v) is 4.56. The molecule has 9 nitrogen and oxygen atoms in total. The monoisotopic (exact) mass is 571 g/mol. The van der Waals surface area contributed by atoms with Crippen molar-refractivity contribution in [2.75, 3.05) is 79.7 Å². The smallest absolute Gasteiger partial charge is 0.409 e. The van der Waals surface area contributed by atoms with Crippen molar-refractivity contribution in [2.24, 2.45) is 0 Å². The Morgan fingerprint density at radius 1 is 0.683 bits per heavy atom. The number of hydrogen-bond donors (Lipinski definition) is 0. The van der Waals surface area contributed by atoms with Crippen molar-refractivity contribution in [3.8, 4) is 11.1 Å². The lowest BCUT2D eigenvalue weighted by Crippen LogP contribution is -2.32. The number of ether oxygens (including phenoxy) is 6. The van der Waals surface area contributed by atoms with E-state index in [4.69, 9.17) is 28.4 Å². The number of carbonyl (C=O) groups is 2. The SMILES string of the molecule is CCCCCC(=O)OCCOCCOCCOCCOCCN(C)C(=O)OCC1c2ccccc2-c2ccccc21. The number of hydrogen-bond acceptors (Lipinski definition) is 8. The van der Waals surface area contributed by atoms with E-state index >= 15 is 0 Å². The summed E-state index contributed by atoms with van der Waals surface area (Å²) < 4.78 is 32.7. The molecule has 0 aliphatic heterocycles. The molecule has 0 bridgehead atoms. The average Bonchev–Trinajstić information content (AvgIpc) is 3.31. The van der Waals surface area contributed by atoms with Crippen LogP contribution in [0.1, 0.15) is 49.7 Å². The minimum absolute atomic E-state index is 0.0427. The molecule has 0 aromatic heterocycles. The van der Waals surface area contributed by atoms with Gasteiger partial charge in [-0.3, -0.25) is 4.79 Å². The highest BCUT2D eigenvalue weighted by Gasteiger charge is 2.29. The maximum Gasteiger partial charge on any atom is 0.409 e. The Morgan fingerprint density at radius 3 is 1.76 bits per heavy atom. The lowest BCUT2D eigenvalue weighted by atomic mass is 9.98. The summed E-state index contributed by atoms with van der Waals surface area (Å²) in [5.74, 6) is -0.122. The molecule has 9 heteroatoms. The number of esters is 1. The van der Waals surface area contributed by atoms with Crippen LogP contribution in [0.3, 0.4) is 0 Å². The van der Waals surface area contributed by atoms with Crippen molar-refractivity contribution in [1.82, 2.24) is 4.90 Å². The minimum atomic E-state index is -0.365. The Kier molecular flexibility index (Phi) is 15.2. The molecule has 0 saturated carbocycles. The number of unbranched alkanes of at least 4 members (excludes halogenated alkanes) is 2. The number of benzene rings is 2. The normalized spacial score (nSPS) is 12.1. The van der Waals surface area contributed by atoms with Crippen LogP contribution in [0.15, 0.2) is 48.5 Å². The summed E-state index contributed by atoms with van der Waals surface area (Å²) in [6, 6.07) is 16.6. The predicted molar refractivity (Wildman–Crippen MR) is 156 cm³/mol. The molecule has 1 amide bonds. The van der Waals surface area contributed by atoms with Gasteiger partial charge >= 0.3 is 12.1 Å². The first-order valence-electron chi connectivity index (χ1n) is 14.6. The lowest BCUT2D eigenvalue weighted by Gasteiger charge is -2.19. The number of nitrogens with zero attached hydrogens (tertiary/aromatic N) is 1. The summed E-state index contributed by atoms with van der Waals surface area (Å²) in [4.78, 5) is 25.5. The number of carbonyl (C=O) groups excluding carboxylic acids is 2. The number of amides is 1. The third-order valence-electron chi connectivity index (χ3n) is 6.81. The summed E-state index contributed by atoms with van der Waals surface area (Å²) in [7, 11) is 1.71. The van der Waals surface area contributed by atoms with Crippen LogP contribution >= 0.6 is 0 Å². The van der Waals surface area contributed by atoms with Crippen LogP contribution in [0, 0.1) is 0 Å². The standard InChI is InChI=1S/C32H45NO8/c1-3-4-5-14-31(34)40-24-23-39-22-21-38-20-19-37-18-17-36-16-15-33(2)32(35)41-25-30-28-12-8-6-10-26(28)27-11-7-9-13-29(27)30/h6-13,30H,3-5,14-25H2,1-2H3. The topological polar surface area (TPSA) is 92.8 Å². The Balaban J connectivity index is 1.13. The van der Waals surface area contributed by atoms with Crippen molar-refractivity contribution in [3.05, 3.63) is 59.7 Å². The second kappa shape index (κ2) is 19.2. The highest BCUT2D eigenvalue weighted by atomic mass is 16.6. The molecule has 2 aromatic carbocycles. The van der Waals surface area contributed by atoms with E-state index < -0.39 is 0 Å². The maximum absolute atomic E-state index is 12.5. The molecule has 2 aromatic rings. The highest BCUT2D eigenvalue weighted by molar-refractivity contribution is 5.79. The van der Waals surface area contributed by atoms with Gasteiger partial charge in [-0.05, 0) is 28.7 Å². The van der Waals surface area contributed by atoms with E-state index in [1.165, 1.54) is 27.2 Å². The molecule has 0 fully saturated rings. The van der Waals surface area contributed by atoms with Gasteiger partial charge in [0, 0.05) is 25.9 Å². The third-order valence-corrected chi connectivity index (χ3v) is 6.81. The van der Waals surface area contributed by atoms with Crippen LogP contribution < -0.4 is 0 Å². The van der Waals surface area contributed by atoms with Gasteiger partial charge in [-0.2, -0.15) is 0 Å². The second-order valence-electron chi connectivity index (χ2n) is 9.85. The third kappa shape index (κ3) is 11.4. The fourth-order valence-electron chi connectivity index (χ4n) is 4.56. The van der Waals surface area contributed by atoms with Crippen molar-refractivity contribution in [2.45, 2.75) is 38.5 Å². The van der Waals surface area contributed by atoms with Gasteiger partial charge in [0.1, 0.15) is 13.2 Å². The summed E-state index contributed by atoms with van der Waals surface area (Å²) in [5, 5.41) is 0. The zero-order chi connectivity index (χ0) is 29.1. The maximum atomic E-state index is 12.5. The average molecular weight is 572 g/mol. The van der Waals surface area contributed by atoms with Crippen molar-refractivity contribution < 1.29 is 38.0 Å². The quantitative estimate of drug-likeness (QED) is 0.152. The van der Waals surface area contributed by atoms with Crippen LogP contribution in [0.25, 0.3) is 11.1 Å². The van der Waals surface area contributed by atoms with Gasteiger partial charge in [-0.15, -0.1) is 0 Å². The zero-order valence-corrected chi connectivity index (χ0v) is 24.5. The molecule has 0 radical (unpaired) electrons. The summed E-state index contributed by atoms with van der Waals surface area (Å²) in [5.41, 5.74) is 4.80. The van der Waals surface area contributed by atoms with E-state index in [1.807, 2.05) is 24.3 Å². The molecule has 3 rings (SSSR count). The summed E-state index contributed by atoms with van der Waals surface area (Å²) >= 11 is 0. The largest absolute Gasteiger partial charge is 0.463 e. The molecule has 0 spiro atoms. The Hall–Kier alpha value is -2.98. The van der Waals surface area contributed by atoms with Gasteiger partial charge in [0.15, 0.2) is 0 Å². The van der Waals surface area contributed by atoms with Gasteiger partial charge in [0.05, 0.1) is 52.9 Å². The first kappa shape index (κ1) is 32.5. The van der Waals surface area contributed by atoms with Crippen molar-refractivity contribution in [1.29, 1.82) is 0 Å². The van der Waals surface area contributed by atoms with E-state index in [0.717, 1.165) is 19.3 Å². The van der Waals surface area contributed by atoms with Gasteiger partial charge in [-0.1, -0.05) is 68.3 Å². The molecule has 1 aliphatic carbocycles. The molecule has 0 heterocycles. The zero-order valence-electron chi connectivity index (χ0n) is 24.5. The first-order chi connectivity index (χ1) is 20.1. The van der Waals surface area contributed by atoms with E-state index in [2.05, 4.69) is 31.2 Å². The number of rotatable bonds is 21. The van der Waals surface area contributed by atoms with Crippen LogP contribution in [0.5, 0.6) is 0 Å². The molecule has 1 aliphatic rings. The van der Waals surface area contributed by atoms with Crippen LogP contribution in [-0.2, 0) is 33.2 Å². The molecular weight excluding hydrogens is 526 g/mol. The van der Waals surface area contributed by atoms with E-state index in [0.29, 0.717) is 72.4 Å². The Labute approximate surface area is 244 Å². The van der Waals surface area contributed by atoms with Crippen LogP contribution in [0.4, 0.5) is 4.79 Å². The van der Waals surface area contributed by atoms with Crippen LogP contribution in [-0.4, -0.2) is 96.6 Å². The molecular formula is C32H45NO8. The van der Waals surface area contributed by atoms with E-state index in [-0.39, 0.29) is 24.6 Å². The van der Waals surface area contributed by atoms with Gasteiger partial charge in [0.25, 0.3) is 0 Å².